The molecule has 0 bridgehead atoms. The van der Waals surface area contributed by atoms with E-state index in [-0.39, 0.29) is 6.10 Å². The molecular weight excluding hydrogens is 390 g/mol. The van der Waals surface area contributed by atoms with Crippen molar-refractivity contribution in [2.24, 2.45) is 17.8 Å². The van der Waals surface area contributed by atoms with E-state index in [4.69, 9.17) is 9.47 Å². The molecule has 1 aromatic heterocycles. The number of pyridine rings is 1. The molecule has 8 heteroatoms. The van der Waals surface area contributed by atoms with Crippen LogP contribution in [0.1, 0.15) is 17.2 Å². The lowest BCUT2D eigenvalue weighted by molar-refractivity contribution is 0.0851. The van der Waals surface area contributed by atoms with Crippen LogP contribution in [0.5, 0.6) is 11.6 Å². The Morgan fingerprint density at radius 3 is 2.66 bits per heavy atom. The summed E-state index contributed by atoms with van der Waals surface area (Å²) in [4.78, 5) is 6.69. The van der Waals surface area contributed by atoms with Crippen LogP contribution in [0, 0.1) is 17.8 Å². The Bertz CT molecular complexity index is 983. The molecule has 3 aliphatic rings. The summed E-state index contributed by atoms with van der Waals surface area (Å²) in [6.45, 7) is 4.08. The average molecular weight is 416 g/mol. The Balaban J connectivity index is 1.13. The molecule has 5 rings (SSSR count). The Labute approximate surface area is 171 Å². The Morgan fingerprint density at radius 1 is 1.17 bits per heavy atom. The van der Waals surface area contributed by atoms with Crippen molar-refractivity contribution >= 4 is 10.0 Å². The molecule has 0 amide bonds. The number of nitrogens with one attached hydrogen (secondary N) is 1. The molecule has 1 aromatic carbocycles. The third-order valence-corrected chi connectivity index (χ3v) is 6.86. The Hall–Kier alpha value is -2.16. The number of nitrogens with zero attached hydrogens (tertiary/aromatic N) is 2. The highest BCUT2D eigenvalue weighted by Gasteiger charge is 2.55. The number of rotatable bonds is 6. The quantitative estimate of drug-likeness (QED) is 0.775. The van der Waals surface area contributed by atoms with Crippen molar-refractivity contribution in [3.05, 3.63) is 53.7 Å². The van der Waals surface area contributed by atoms with E-state index in [0.29, 0.717) is 42.5 Å². The smallest absolute Gasteiger partial charge is 0.257 e. The lowest BCUT2D eigenvalue weighted by atomic mass is 10.1. The van der Waals surface area contributed by atoms with Gasteiger partial charge in [-0.2, -0.15) is 0 Å². The van der Waals surface area contributed by atoms with Crippen molar-refractivity contribution in [3.63, 3.8) is 0 Å². The molecule has 3 heterocycles. The first kappa shape index (κ1) is 18.8. The molecule has 29 heavy (non-hydrogen) atoms. The highest BCUT2D eigenvalue weighted by atomic mass is 32.2. The van der Waals surface area contributed by atoms with Crippen LogP contribution in [-0.4, -0.2) is 50.8 Å². The minimum absolute atomic E-state index is 0.144. The number of piperidine rings is 1. The van der Waals surface area contributed by atoms with Crippen LogP contribution >= 0.6 is 0 Å². The highest BCUT2D eigenvalue weighted by Crippen LogP contribution is 2.51. The standard InChI is InChI=1S/C21H25N3O4S/c1-29(25,26)23-9-16-17-11-24(12-18(16)17)10-14-4-6-15(7-5-14)20-13-27-19-3-2-8-22-21(19)28-20/h2-8,16-18,20,23H,9-13H2,1H3/t16-,17-,18+,20-/m1/s1. The van der Waals surface area contributed by atoms with Crippen LogP contribution in [0.25, 0.3) is 0 Å². The zero-order valence-corrected chi connectivity index (χ0v) is 17.1. The minimum atomic E-state index is -3.09. The number of sulfonamides is 1. The van der Waals surface area contributed by atoms with E-state index in [1.54, 1.807) is 6.20 Å². The van der Waals surface area contributed by atoms with Crippen molar-refractivity contribution in [1.82, 2.24) is 14.6 Å². The van der Waals surface area contributed by atoms with E-state index in [0.717, 1.165) is 25.2 Å². The van der Waals surface area contributed by atoms with Gasteiger partial charge in [0.25, 0.3) is 5.88 Å². The van der Waals surface area contributed by atoms with Gasteiger partial charge in [0, 0.05) is 32.4 Å². The van der Waals surface area contributed by atoms with Gasteiger partial charge in [-0.3, -0.25) is 4.90 Å². The molecule has 1 saturated carbocycles. The van der Waals surface area contributed by atoms with Crippen molar-refractivity contribution in [2.75, 3.05) is 32.5 Å². The van der Waals surface area contributed by atoms with Gasteiger partial charge in [-0.15, -0.1) is 0 Å². The number of aromatic nitrogens is 1. The summed E-state index contributed by atoms with van der Waals surface area (Å²) in [5.74, 6) is 3.00. The predicted octanol–water partition coefficient (Wildman–Crippen LogP) is 1.82. The first-order valence-electron chi connectivity index (χ1n) is 9.96. The molecule has 4 atom stereocenters. The van der Waals surface area contributed by atoms with Crippen molar-refractivity contribution in [1.29, 1.82) is 0 Å². The summed E-state index contributed by atoms with van der Waals surface area (Å²) < 4.78 is 36.9. The van der Waals surface area contributed by atoms with Crippen molar-refractivity contribution in [3.8, 4) is 11.6 Å². The largest absolute Gasteiger partial charge is 0.484 e. The van der Waals surface area contributed by atoms with E-state index >= 15 is 0 Å². The summed E-state index contributed by atoms with van der Waals surface area (Å²) in [5, 5.41) is 0. The number of benzene rings is 1. The van der Waals surface area contributed by atoms with Gasteiger partial charge in [0.1, 0.15) is 6.61 Å². The summed E-state index contributed by atoms with van der Waals surface area (Å²) in [7, 11) is -3.09. The summed E-state index contributed by atoms with van der Waals surface area (Å²) in [5.41, 5.74) is 2.36. The van der Waals surface area contributed by atoms with Crippen LogP contribution in [0.3, 0.4) is 0 Å². The number of ether oxygens (including phenoxy) is 2. The summed E-state index contributed by atoms with van der Waals surface area (Å²) in [6, 6.07) is 12.2. The van der Waals surface area contributed by atoms with Gasteiger partial charge in [0.2, 0.25) is 10.0 Å². The molecule has 2 fully saturated rings. The average Bonchev–Trinajstić information content (AvgIpc) is 3.17. The van der Waals surface area contributed by atoms with E-state index < -0.39 is 10.0 Å². The molecule has 154 valence electrons. The summed E-state index contributed by atoms with van der Waals surface area (Å²) >= 11 is 0. The molecule has 0 spiro atoms. The second kappa shape index (κ2) is 7.27. The third-order valence-electron chi connectivity index (χ3n) is 6.17. The highest BCUT2D eigenvalue weighted by molar-refractivity contribution is 7.88. The zero-order valence-electron chi connectivity index (χ0n) is 16.3. The monoisotopic (exact) mass is 415 g/mol. The van der Waals surface area contributed by atoms with Gasteiger partial charge in [-0.05, 0) is 41.0 Å². The van der Waals surface area contributed by atoms with Gasteiger partial charge in [0.05, 0.1) is 6.26 Å². The molecule has 0 radical (unpaired) electrons. The molecule has 2 aliphatic heterocycles. The Morgan fingerprint density at radius 2 is 1.93 bits per heavy atom. The molecule has 7 nitrogen and oxygen atoms in total. The number of likely N-dealkylation sites (tertiary alicyclic amines) is 1. The molecular formula is C21H25N3O4S. The molecule has 2 aromatic rings. The first-order chi connectivity index (χ1) is 14.0. The van der Waals surface area contributed by atoms with Gasteiger partial charge < -0.3 is 9.47 Å². The second-order valence-corrected chi connectivity index (χ2v) is 10.1. The number of fused-ring (bicyclic) bond motifs is 2. The van der Waals surface area contributed by atoms with Crippen molar-refractivity contribution in [2.45, 2.75) is 12.6 Å². The van der Waals surface area contributed by atoms with Crippen LogP contribution in [0.2, 0.25) is 0 Å². The van der Waals surface area contributed by atoms with Gasteiger partial charge in [-0.25, -0.2) is 18.1 Å². The van der Waals surface area contributed by atoms with Crippen molar-refractivity contribution < 1.29 is 17.9 Å². The second-order valence-electron chi connectivity index (χ2n) is 8.27. The maximum absolute atomic E-state index is 11.2. The van der Waals surface area contributed by atoms with Gasteiger partial charge >= 0.3 is 0 Å². The van der Waals surface area contributed by atoms with E-state index in [9.17, 15) is 8.42 Å². The normalized spacial score (nSPS) is 28.2. The number of hydrogen-bond acceptors (Lipinski definition) is 6. The van der Waals surface area contributed by atoms with E-state index in [1.165, 1.54) is 11.8 Å². The van der Waals surface area contributed by atoms with Gasteiger partial charge in [0.15, 0.2) is 11.9 Å². The van der Waals surface area contributed by atoms with Crippen LogP contribution in [0.15, 0.2) is 42.6 Å². The zero-order chi connectivity index (χ0) is 20.0. The fourth-order valence-electron chi connectivity index (χ4n) is 4.59. The van der Waals surface area contributed by atoms with E-state index in [2.05, 4.69) is 38.9 Å². The predicted molar refractivity (Wildman–Crippen MR) is 108 cm³/mol. The lowest BCUT2D eigenvalue weighted by Gasteiger charge is -2.26. The Kier molecular flexibility index (Phi) is 4.72. The SMILES string of the molecule is CS(=O)(=O)NC[C@@H]1[C@H]2CN(Cc3ccc([C@H]4COc5cccnc5O4)cc3)C[C@@H]12. The molecule has 1 N–H and O–H groups in total. The minimum Gasteiger partial charge on any atom is -0.484 e. The topological polar surface area (TPSA) is 80.8 Å². The van der Waals surface area contributed by atoms with Crippen LogP contribution < -0.4 is 14.2 Å². The maximum atomic E-state index is 11.2. The van der Waals surface area contributed by atoms with E-state index in [1.807, 2.05) is 12.1 Å². The molecule has 1 aliphatic carbocycles. The fraction of sp³-hybridized carbons (Fsp3) is 0.476. The third kappa shape index (κ3) is 4.10. The fourth-order valence-corrected chi connectivity index (χ4v) is 5.08. The molecule has 1 saturated heterocycles. The maximum Gasteiger partial charge on any atom is 0.257 e. The van der Waals surface area contributed by atoms with Gasteiger partial charge in [-0.1, -0.05) is 24.3 Å². The van der Waals surface area contributed by atoms with Crippen LogP contribution in [0.4, 0.5) is 0 Å². The number of hydrogen-bond donors (Lipinski definition) is 1. The summed E-state index contributed by atoms with van der Waals surface area (Å²) in [6.07, 6.45) is 2.78. The van der Waals surface area contributed by atoms with Crippen LogP contribution in [-0.2, 0) is 16.6 Å². The first-order valence-corrected chi connectivity index (χ1v) is 11.9. The lowest BCUT2D eigenvalue weighted by Crippen LogP contribution is -2.29. The molecule has 0 unspecified atom stereocenters.